The number of likely N-dealkylation sites (tertiary alicyclic amines) is 2. The summed E-state index contributed by atoms with van der Waals surface area (Å²) in [5.41, 5.74) is 0. The summed E-state index contributed by atoms with van der Waals surface area (Å²) in [7, 11) is 2.03. The fraction of sp³-hybridized carbons (Fsp3) is 0.667. The van der Waals surface area contributed by atoms with Gasteiger partial charge in [0.25, 0.3) is 0 Å². The number of carbonyl (C=O) groups excluding carboxylic acids is 1. The summed E-state index contributed by atoms with van der Waals surface area (Å²) in [5.74, 6) is 3.13. The Morgan fingerprint density at radius 3 is 2.65 bits per heavy atom. The Balaban J connectivity index is 1.47. The molecule has 2 amide bonds. The number of aromatic nitrogens is 5. The van der Waals surface area contributed by atoms with E-state index < -0.39 is 0 Å². The second-order valence-corrected chi connectivity index (χ2v) is 7.40. The number of hydrogen-bond donors (Lipinski definition) is 0. The van der Waals surface area contributed by atoms with Gasteiger partial charge in [0.15, 0.2) is 5.82 Å². The predicted molar refractivity (Wildman–Crippen MR) is 96.8 cm³/mol. The van der Waals surface area contributed by atoms with Crippen molar-refractivity contribution < 1.29 is 4.79 Å². The number of aryl methyl sites for hydroxylation is 1. The summed E-state index contributed by atoms with van der Waals surface area (Å²) >= 11 is 0. The number of hydrogen-bond acceptors (Lipinski definition) is 4. The standard InChI is InChI=1S/C18H27N7O/c1-14-19-7-11-24(14)13-16-20-21-17(22(16)2)15-6-5-10-25(12-15)18(26)23-8-3-4-9-23/h7,11,15H,3-6,8-10,12-13H2,1-2H3/t15-/m0/s1. The van der Waals surface area contributed by atoms with Crippen LogP contribution in [0, 0.1) is 6.92 Å². The highest BCUT2D eigenvalue weighted by Crippen LogP contribution is 2.27. The van der Waals surface area contributed by atoms with Gasteiger partial charge in [-0.25, -0.2) is 9.78 Å². The Morgan fingerprint density at radius 1 is 1.15 bits per heavy atom. The molecular formula is C18H27N7O. The van der Waals surface area contributed by atoms with Crippen molar-refractivity contribution in [2.75, 3.05) is 26.2 Å². The van der Waals surface area contributed by atoms with E-state index in [2.05, 4.69) is 24.3 Å². The van der Waals surface area contributed by atoms with Crippen LogP contribution in [0.5, 0.6) is 0 Å². The van der Waals surface area contributed by atoms with E-state index in [4.69, 9.17) is 0 Å². The minimum atomic E-state index is 0.198. The van der Waals surface area contributed by atoms with Crippen molar-refractivity contribution >= 4 is 6.03 Å². The summed E-state index contributed by atoms with van der Waals surface area (Å²) in [4.78, 5) is 21.0. The lowest BCUT2D eigenvalue weighted by atomic mass is 9.97. The zero-order chi connectivity index (χ0) is 18.1. The Hall–Kier alpha value is -2.38. The van der Waals surface area contributed by atoms with Crippen LogP contribution in [-0.4, -0.2) is 66.3 Å². The number of amides is 2. The first-order valence-corrected chi connectivity index (χ1v) is 9.53. The minimum absolute atomic E-state index is 0.198. The van der Waals surface area contributed by atoms with E-state index in [-0.39, 0.29) is 11.9 Å². The first kappa shape index (κ1) is 17.1. The van der Waals surface area contributed by atoms with Gasteiger partial charge in [0.2, 0.25) is 0 Å². The molecule has 4 rings (SSSR count). The van der Waals surface area contributed by atoms with Gasteiger partial charge in [0.1, 0.15) is 11.6 Å². The number of piperidine rings is 1. The van der Waals surface area contributed by atoms with Crippen molar-refractivity contribution in [1.82, 2.24) is 34.1 Å². The third-order valence-electron chi connectivity index (χ3n) is 5.67. The van der Waals surface area contributed by atoms with Crippen LogP contribution in [-0.2, 0) is 13.6 Å². The molecule has 2 aliphatic rings. The molecule has 8 heteroatoms. The van der Waals surface area contributed by atoms with Crippen LogP contribution in [0.2, 0.25) is 0 Å². The normalized spacial score (nSPS) is 20.8. The molecule has 2 saturated heterocycles. The molecule has 0 bridgehead atoms. The number of nitrogens with zero attached hydrogens (tertiary/aromatic N) is 7. The van der Waals surface area contributed by atoms with Crippen molar-refractivity contribution in [2.24, 2.45) is 7.05 Å². The van der Waals surface area contributed by atoms with Crippen molar-refractivity contribution in [3.8, 4) is 0 Å². The molecule has 2 aliphatic heterocycles. The molecular weight excluding hydrogens is 330 g/mol. The molecule has 2 aromatic rings. The van der Waals surface area contributed by atoms with Gasteiger partial charge in [-0.15, -0.1) is 10.2 Å². The summed E-state index contributed by atoms with van der Waals surface area (Å²) in [5, 5.41) is 8.87. The van der Waals surface area contributed by atoms with Crippen molar-refractivity contribution in [3.63, 3.8) is 0 Å². The van der Waals surface area contributed by atoms with Gasteiger partial charge >= 0.3 is 6.03 Å². The molecule has 0 radical (unpaired) electrons. The highest BCUT2D eigenvalue weighted by molar-refractivity contribution is 5.74. The van der Waals surface area contributed by atoms with Crippen LogP contribution in [0.4, 0.5) is 4.79 Å². The van der Waals surface area contributed by atoms with Crippen LogP contribution in [0.3, 0.4) is 0 Å². The number of urea groups is 1. The van der Waals surface area contributed by atoms with Gasteiger partial charge in [0, 0.05) is 51.5 Å². The Bertz CT molecular complexity index is 774. The fourth-order valence-corrected chi connectivity index (χ4v) is 4.06. The fourth-order valence-electron chi connectivity index (χ4n) is 4.06. The second kappa shape index (κ2) is 7.09. The van der Waals surface area contributed by atoms with Crippen molar-refractivity contribution in [3.05, 3.63) is 29.9 Å². The lowest BCUT2D eigenvalue weighted by Gasteiger charge is -2.34. The van der Waals surface area contributed by atoms with Crippen LogP contribution >= 0.6 is 0 Å². The zero-order valence-corrected chi connectivity index (χ0v) is 15.6. The molecule has 2 aromatic heterocycles. The van der Waals surface area contributed by atoms with Gasteiger partial charge in [0.05, 0.1) is 6.54 Å². The number of carbonyl (C=O) groups is 1. The molecule has 8 nitrogen and oxygen atoms in total. The zero-order valence-electron chi connectivity index (χ0n) is 15.6. The number of rotatable bonds is 3. The average molecular weight is 357 g/mol. The summed E-state index contributed by atoms with van der Waals surface area (Å²) in [6.45, 7) is 6.05. The van der Waals surface area contributed by atoms with Gasteiger partial charge < -0.3 is 18.9 Å². The van der Waals surface area contributed by atoms with Crippen molar-refractivity contribution in [1.29, 1.82) is 0 Å². The monoisotopic (exact) mass is 357 g/mol. The van der Waals surface area contributed by atoms with E-state index in [0.29, 0.717) is 6.54 Å². The topological polar surface area (TPSA) is 72.1 Å². The third-order valence-corrected chi connectivity index (χ3v) is 5.67. The van der Waals surface area contributed by atoms with E-state index in [1.807, 2.05) is 30.0 Å². The maximum atomic E-state index is 12.7. The quantitative estimate of drug-likeness (QED) is 0.839. The van der Waals surface area contributed by atoms with Gasteiger partial charge in [-0.2, -0.15) is 0 Å². The van der Waals surface area contributed by atoms with E-state index >= 15 is 0 Å². The third kappa shape index (κ3) is 3.20. The molecule has 0 saturated carbocycles. The molecule has 4 heterocycles. The summed E-state index contributed by atoms with van der Waals surface area (Å²) < 4.78 is 4.16. The molecule has 2 fully saturated rings. The Kier molecular flexibility index (Phi) is 4.65. The molecule has 0 aromatic carbocycles. The minimum Gasteiger partial charge on any atom is -0.328 e. The molecule has 0 spiro atoms. The molecule has 0 unspecified atom stereocenters. The predicted octanol–water partition coefficient (Wildman–Crippen LogP) is 1.76. The van der Waals surface area contributed by atoms with E-state index in [1.165, 1.54) is 0 Å². The maximum Gasteiger partial charge on any atom is 0.320 e. The summed E-state index contributed by atoms with van der Waals surface area (Å²) in [6.07, 6.45) is 8.09. The van der Waals surface area contributed by atoms with Crippen LogP contribution in [0.25, 0.3) is 0 Å². The van der Waals surface area contributed by atoms with Crippen LogP contribution < -0.4 is 0 Å². The molecule has 0 N–H and O–H groups in total. The first-order valence-electron chi connectivity index (χ1n) is 9.53. The smallest absolute Gasteiger partial charge is 0.320 e. The lowest BCUT2D eigenvalue weighted by Crippen LogP contribution is -2.46. The van der Waals surface area contributed by atoms with E-state index in [1.54, 1.807) is 6.20 Å². The maximum absolute atomic E-state index is 12.7. The molecule has 26 heavy (non-hydrogen) atoms. The lowest BCUT2D eigenvalue weighted by molar-refractivity contribution is 0.145. The van der Waals surface area contributed by atoms with Crippen LogP contribution in [0.1, 0.15) is 49.1 Å². The number of imidazole rings is 1. The van der Waals surface area contributed by atoms with E-state index in [9.17, 15) is 4.79 Å². The molecule has 140 valence electrons. The average Bonchev–Trinajstić information content (AvgIpc) is 3.39. The Labute approximate surface area is 153 Å². The van der Waals surface area contributed by atoms with Crippen molar-refractivity contribution in [2.45, 2.75) is 45.1 Å². The van der Waals surface area contributed by atoms with Crippen LogP contribution in [0.15, 0.2) is 12.4 Å². The van der Waals surface area contributed by atoms with Gasteiger partial charge in [-0.1, -0.05) is 0 Å². The highest BCUT2D eigenvalue weighted by atomic mass is 16.2. The molecule has 1 atom stereocenters. The van der Waals surface area contributed by atoms with Gasteiger partial charge in [-0.05, 0) is 32.6 Å². The second-order valence-electron chi connectivity index (χ2n) is 7.40. The van der Waals surface area contributed by atoms with Gasteiger partial charge in [-0.3, -0.25) is 0 Å². The SMILES string of the molecule is Cc1nccn1Cc1nnc([C@H]2CCCN(C(=O)N3CCCC3)C2)n1C. The van der Waals surface area contributed by atoms with E-state index in [0.717, 1.165) is 69.3 Å². The Morgan fingerprint density at radius 2 is 1.92 bits per heavy atom. The highest BCUT2D eigenvalue weighted by Gasteiger charge is 2.31. The summed E-state index contributed by atoms with van der Waals surface area (Å²) in [6, 6.07) is 0.198. The molecule has 0 aliphatic carbocycles. The first-order chi connectivity index (χ1) is 12.6. The largest absolute Gasteiger partial charge is 0.328 e.